The van der Waals surface area contributed by atoms with Crippen molar-refractivity contribution in [2.24, 2.45) is 7.05 Å². The molecule has 1 fully saturated rings. The largest absolute Gasteiger partial charge is 0.350 e. The number of hydrogen-bond donors (Lipinski definition) is 2. The molecule has 0 saturated carbocycles. The van der Waals surface area contributed by atoms with Crippen LogP contribution in [0, 0.1) is 0 Å². The number of nitrogens with zero attached hydrogens (tertiary/aromatic N) is 2. The Morgan fingerprint density at radius 1 is 1.39 bits per heavy atom. The monoisotopic (exact) mass is 336 g/mol. The summed E-state index contributed by atoms with van der Waals surface area (Å²) in [6.07, 6.45) is 2.44. The second-order valence-corrected chi connectivity index (χ2v) is 8.20. The van der Waals surface area contributed by atoms with E-state index in [1.165, 1.54) is 0 Å². The van der Waals surface area contributed by atoms with Crippen LogP contribution >= 0.6 is 0 Å². The number of hydrogen-bond acceptors (Lipinski definition) is 4. The number of imidazole rings is 1. The van der Waals surface area contributed by atoms with Crippen LogP contribution in [0.4, 0.5) is 0 Å². The third-order valence-electron chi connectivity index (χ3n) is 4.30. The van der Waals surface area contributed by atoms with E-state index in [2.05, 4.69) is 15.0 Å². The van der Waals surface area contributed by atoms with Crippen LogP contribution in [0.2, 0.25) is 0 Å². The van der Waals surface area contributed by atoms with E-state index in [4.69, 9.17) is 0 Å². The van der Waals surface area contributed by atoms with Gasteiger partial charge in [0.1, 0.15) is 0 Å². The molecule has 2 N–H and O–H groups in total. The molecule has 124 valence electrons. The van der Waals surface area contributed by atoms with Gasteiger partial charge in [-0.2, -0.15) is 0 Å². The summed E-state index contributed by atoms with van der Waals surface area (Å²) in [7, 11) is -1.83. The molecule has 7 nitrogen and oxygen atoms in total. The minimum Gasteiger partial charge on any atom is -0.350 e. The highest BCUT2D eigenvalue weighted by Gasteiger charge is 2.38. The summed E-state index contributed by atoms with van der Waals surface area (Å²) < 4.78 is 29.9. The average molecular weight is 336 g/mol. The number of carbonyl (C=O) groups excluding carboxylic acids is 1. The van der Waals surface area contributed by atoms with E-state index in [1.807, 2.05) is 25.5 Å². The molecular formula is C15H20N4O3S. The first-order valence-corrected chi connectivity index (χ1v) is 8.92. The van der Waals surface area contributed by atoms with Crippen LogP contribution in [-0.2, 0) is 21.9 Å². The van der Waals surface area contributed by atoms with Crippen molar-refractivity contribution in [1.29, 1.82) is 0 Å². The van der Waals surface area contributed by atoms with Crippen LogP contribution in [0.15, 0.2) is 29.4 Å². The number of amides is 1. The predicted molar refractivity (Wildman–Crippen MR) is 86.3 cm³/mol. The molecule has 2 aromatic rings. The molecule has 0 radical (unpaired) electrons. The topological polar surface area (TPSA) is 93.1 Å². The maximum Gasteiger partial charge on any atom is 0.240 e. The fourth-order valence-electron chi connectivity index (χ4n) is 2.89. The SMILES string of the molecule is Cn1cnc2cc(S(=O)(=O)NC3CCC(=O)NC3(C)C)ccc21. The van der Waals surface area contributed by atoms with Crippen molar-refractivity contribution < 1.29 is 13.2 Å². The summed E-state index contributed by atoms with van der Waals surface area (Å²) in [6, 6.07) is 4.52. The molecule has 0 spiro atoms. The predicted octanol–water partition coefficient (Wildman–Crippen LogP) is 0.909. The Morgan fingerprint density at radius 2 is 2.13 bits per heavy atom. The van der Waals surface area contributed by atoms with Crippen molar-refractivity contribution in [1.82, 2.24) is 19.6 Å². The molecule has 1 aromatic heterocycles. The lowest BCUT2D eigenvalue weighted by atomic mass is 9.88. The lowest BCUT2D eigenvalue weighted by Crippen LogP contribution is -2.61. The van der Waals surface area contributed by atoms with Gasteiger partial charge in [-0.25, -0.2) is 18.1 Å². The molecule has 1 unspecified atom stereocenters. The minimum atomic E-state index is -3.68. The van der Waals surface area contributed by atoms with Crippen LogP contribution in [-0.4, -0.2) is 35.5 Å². The number of rotatable bonds is 3. The van der Waals surface area contributed by atoms with E-state index in [9.17, 15) is 13.2 Å². The van der Waals surface area contributed by atoms with Crippen molar-refractivity contribution in [3.63, 3.8) is 0 Å². The van der Waals surface area contributed by atoms with Crippen LogP contribution in [0.25, 0.3) is 11.0 Å². The number of sulfonamides is 1. The fraction of sp³-hybridized carbons (Fsp3) is 0.467. The number of nitrogens with one attached hydrogen (secondary N) is 2. The smallest absolute Gasteiger partial charge is 0.240 e. The third-order valence-corrected chi connectivity index (χ3v) is 5.77. The first-order valence-electron chi connectivity index (χ1n) is 7.43. The van der Waals surface area contributed by atoms with Gasteiger partial charge < -0.3 is 9.88 Å². The van der Waals surface area contributed by atoms with Crippen LogP contribution < -0.4 is 10.0 Å². The molecule has 2 heterocycles. The normalized spacial score (nSPS) is 21.3. The summed E-state index contributed by atoms with van der Waals surface area (Å²) in [5.74, 6) is -0.0552. The molecule has 1 aromatic carbocycles. The van der Waals surface area contributed by atoms with Gasteiger partial charge in [-0.15, -0.1) is 0 Å². The van der Waals surface area contributed by atoms with E-state index in [0.29, 0.717) is 18.4 Å². The van der Waals surface area contributed by atoms with E-state index in [-0.39, 0.29) is 16.8 Å². The quantitative estimate of drug-likeness (QED) is 0.871. The summed E-state index contributed by atoms with van der Waals surface area (Å²) in [4.78, 5) is 15.9. The van der Waals surface area contributed by atoms with E-state index in [1.54, 1.807) is 24.5 Å². The zero-order valence-corrected chi connectivity index (χ0v) is 14.1. The van der Waals surface area contributed by atoms with Gasteiger partial charge in [-0.1, -0.05) is 0 Å². The fourth-order valence-corrected chi connectivity index (χ4v) is 4.33. The van der Waals surface area contributed by atoms with Gasteiger partial charge in [0.15, 0.2) is 0 Å². The molecular weight excluding hydrogens is 316 g/mol. The van der Waals surface area contributed by atoms with Gasteiger partial charge in [-0.05, 0) is 38.5 Å². The molecule has 3 rings (SSSR count). The Bertz CT molecular complexity index is 870. The Kier molecular flexibility index (Phi) is 3.68. The van der Waals surface area contributed by atoms with E-state index >= 15 is 0 Å². The molecule has 0 aliphatic carbocycles. The molecule has 1 saturated heterocycles. The molecule has 1 aliphatic rings. The zero-order valence-electron chi connectivity index (χ0n) is 13.3. The molecule has 1 atom stereocenters. The zero-order chi connectivity index (χ0) is 16.8. The number of aromatic nitrogens is 2. The van der Waals surface area contributed by atoms with E-state index < -0.39 is 15.6 Å². The van der Waals surface area contributed by atoms with Gasteiger partial charge in [-0.3, -0.25) is 4.79 Å². The van der Waals surface area contributed by atoms with Crippen molar-refractivity contribution in [2.45, 2.75) is 43.2 Å². The number of carbonyl (C=O) groups is 1. The average Bonchev–Trinajstić information content (AvgIpc) is 2.82. The Labute approximate surface area is 135 Å². The Balaban J connectivity index is 1.89. The van der Waals surface area contributed by atoms with Gasteiger partial charge in [0.2, 0.25) is 15.9 Å². The highest BCUT2D eigenvalue weighted by Crippen LogP contribution is 2.23. The maximum atomic E-state index is 12.7. The molecule has 1 aliphatic heterocycles. The second kappa shape index (κ2) is 5.31. The van der Waals surface area contributed by atoms with E-state index in [0.717, 1.165) is 5.52 Å². The molecule has 0 bridgehead atoms. The van der Waals surface area contributed by atoms with Crippen LogP contribution in [0.1, 0.15) is 26.7 Å². The Morgan fingerprint density at radius 3 is 2.83 bits per heavy atom. The van der Waals surface area contributed by atoms with Crippen LogP contribution in [0.5, 0.6) is 0 Å². The van der Waals surface area contributed by atoms with Crippen LogP contribution in [0.3, 0.4) is 0 Å². The number of benzene rings is 1. The second-order valence-electron chi connectivity index (χ2n) is 6.49. The third kappa shape index (κ3) is 2.96. The van der Waals surface area contributed by atoms with Crippen molar-refractivity contribution in [3.8, 4) is 0 Å². The summed E-state index contributed by atoms with van der Waals surface area (Å²) >= 11 is 0. The maximum absolute atomic E-state index is 12.7. The minimum absolute atomic E-state index is 0.0552. The first-order chi connectivity index (χ1) is 10.7. The highest BCUT2D eigenvalue weighted by molar-refractivity contribution is 7.89. The summed E-state index contributed by atoms with van der Waals surface area (Å²) in [5, 5.41) is 2.83. The lowest BCUT2D eigenvalue weighted by Gasteiger charge is -2.39. The molecule has 8 heteroatoms. The molecule has 1 amide bonds. The Hall–Kier alpha value is -1.93. The highest BCUT2D eigenvalue weighted by atomic mass is 32.2. The molecule has 23 heavy (non-hydrogen) atoms. The lowest BCUT2D eigenvalue weighted by molar-refractivity contribution is -0.125. The summed E-state index contributed by atoms with van der Waals surface area (Å²) in [5.41, 5.74) is 0.873. The standard InChI is InChI=1S/C15H20N4O3S/c1-15(2)13(6-7-14(20)17-15)18-23(21,22)10-4-5-12-11(8-10)16-9-19(12)3/h4-5,8-9,13,18H,6-7H2,1-3H3,(H,17,20). The number of piperidine rings is 1. The van der Waals surface area contributed by atoms with Gasteiger partial charge in [0, 0.05) is 19.5 Å². The number of fused-ring (bicyclic) bond motifs is 1. The van der Waals surface area contributed by atoms with Crippen molar-refractivity contribution in [3.05, 3.63) is 24.5 Å². The summed E-state index contributed by atoms with van der Waals surface area (Å²) in [6.45, 7) is 3.64. The first kappa shape index (κ1) is 15.9. The van der Waals surface area contributed by atoms with Gasteiger partial charge in [0.05, 0.1) is 27.8 Å². The van der Waals surface area contributed by atoms with Crippen molar-refractivity contribution >= 4 is 27.0 Å². The van der Waals surface area contributed by atoms with Gasteiger partial charge in [0.25, 0.3) is 0 Å². The van der Waals surface area contributed by atoms with Crippen molar-refractivity contribution in [2.75, 3.05) is 0 Å². The number of aryl methyl sites for hydroxylation is 1. The van der Waals surface area contributed by atoms with Gasteiger partial charge >= 0.3 is 0 Å².